The van der Waals surface area contributed by atoms with Crippen LogP contribution < -0.4 is 0 Å². The fraction of sp³-hybridized carbons (Fsp3) is 0.458. The van der Waals surface area contributed by atoms with Gasteiger partial charge in [0.1, 0.15) is 0 Å². The summed E-state index contributed by atoms with van der Waals surface area (Å²) in [6.07, 6.45) is 1.47. The quantitative estimate of drug-likeness (QED) is 0.335. The van der Waals surface area contributed by atoms with E-state index in [1.165, 1.54) is 0 Å². The van der Waals surface area contributed by atoms with Crippen LogP contribution in [0.4, 0.5) is 0 Å². The predicted octanol–water partition coefficient (Wildman–Crippen LogP) is 5.23. The maximum absolute atomic E-state index is 11.7. The molecule has 0 radical (unpaired) electrons. The molecule has 1 atom stereocenters. The Bertz CT molecular complexity index is 1170. The second-order valence-electron chi connectivity index (χ2n) is 7.39. The molecule has 2 aromatic rings. The molecule has 0 aromatic heterocycles. The van der Waals surface area contributed by atoms with Crippen molar-refractivity contribution in [2.75, 3.05) is 13.2 Å². The molecule has 0 heterocycles. The van der Waals surface area contributed by atoms with Crippen molar-refractivity contribution in [1.82, 2.24) is 0 Å². The Labute approximate surface area is 211 Å². The summed E-state index contributed by atoms with van der Waals surface area (Å²) in [6.45, 7) is 9.58. The number of aliphatic hydroxyl groups is 1. The molecule has 1 N–H and O–H groups in total. The molecule has 8 nitrogen and oxygen atoms in total. The monoisotopic (exact) mass is 546 g/mol. The summed E-state index contributed by atoms with van der Waals surface area (Å²) in [7, 11) is -7.24. The summed E-state index contributed by atoms with van der Waals surface area (Å²) in [5.41, 5.74) is 4.42. The second kappa shape index (κ2) is 17.6. The van der Waals surface area contributed by atoms with Gasteiger partial charge in [0.25, 0.3) is 20.2 Å². The Morgan fingerprint density at radius 1 is 0.886 bits per heavy atom. The molecule has 0 bridgehead atoms. The summed E-state index contributed by atoms with van der Waals surface area (Å²) >= 11 is 0. The summed E-state index contributed by atoms with van der Waals surface area (Å²) in [5.74, 6) is 0. The maximum atomic E-state index is 11.7. The van der Waals surface area contributed by atoms with E-state index >= 15 is 0 Å². The minimum atomic E-state index is -3.59. The van der Waals surface area contributed by atoms with Crippen molar-refractivity contribution in [2.24, 2.45) is 0 Å². The number of benzene rings is 2. The van der Waals surface area contributed by atoms with E-state index in [4.69, 9.17) is 13.5 Å². The third kappa shape index (κ3) is 14.4. The Kier molecular flexibility index (Phi) is 16.7. The molecule has 196 valence electrons. The van der Waals surface area contributed by atoms with E-state index in [1.54, 1.807) is 55.5 Å². The molecule has 0 fully saturated rings. The number of hydrogen-bond acceptors (Lipinski definition) is 8. The molecule has 0 saturated heterocycles. The van der Waals surface area contributed by atoms with Crippen LogP contribution in [0.2, 0.25) is 0 Å². The molecule has 0 aliphatic heterocycles. The molecule has 0 amide bonds. The zero-order valence-electron chi connectivity index (χ0n) is 20.8. The first kappa shape index (κ1) is 33.2. The van der Waals surface area contributed by atoms with Crippen LogP contribution in [-0.2, 0) is 33.2 Å². The topological polar surface area (TPSA) is 124 Å². The predicted molar refractivity (Wildman–Crippen MR) is 137 cm³/mol. The molecular weight excluding hydrogens is 511 g/mol. The van der Waals surface area contributed by atoms with Crippen molar-refractivity contribution >= 4 is 28.2 Å². The molecule has 0 saturated carbocycles. The average molecular weight is 547 g/mol. The molecule has 35 heavy (non-hydrogen) atoms. The van der Waals surface area contributed by atoms with Crippen LogP contribution >= 0.6 is 7.92 Å². The Balaban J connectivity index is 0.000000540. The van der Waals surface area contributed by atoms with Crippen molar-refractivity contribution < 1.29 is 34.9 Å². The fourth-order valence-electron chi connectivity index (χ4n) is 2.11. The van der Waals surface area contributed by atoms with E-state index in [9.17, 15) is 21.4 Å². The second-order valence-corrected chi connectivity index (χ2v) is 11.1. The van der Waals surface area contributed by atoms with Gasteiger partial charge in [-0.25, -0.2) is 0 Å². The van der Waals surface area contributed by atoms with Crippen LogP contribution in [-0.4, -0.2) is 41.3 Å². The number of rotatable bonds is 9. The Morgan fingerprint density at radius 2 is 1.34 bits per heavy atom. The molecule has 2 aromatic carbocycles. The number of hydrogen-bond donors (Lipinski definition) is 1. The summed E-state index contributed by atoms with van der Waals surface area (Å²) in [6, 6.07) is 13.3. The Morgan fingerprint density at radius 3 is 1.69 bits per heavy atom. The van der Waals surface area contributed by atoms with Gasteiger partial charge in [-0.1, -0.05) is 49.2 Å². The third-order valence-corrected chi connectivity index (χ3v) is 7.33. The van der Waals surface area contributed by atoms with E-state index in [0.29, 0.717) is 19.3 Å². The van der Waals surface area contributed by atoms with Gasteiger partial charge in [-0.05, 0) is 57.9 Å². The van der Waals surface area contributed by atoms with Gasteiger partial charge in [-0.15, -0.1) is 0 Å². The van der Waals surface area contributed by atoms with Crippen LogP contribution in [0, 0.1) is 19.5 Å². The molecular formula is C24H35O8PS2. The van der Waals surface area contributed by atoms with Crippen LogP contribution in [0.1, 0.15) is 51.2 Å². The third-order valence-electron chi connectivity index (χ3n) is 4.22. The van der Waals surface area contributed by atoms with E-state index in [0.717, 1.165) is 11.1 Å². The van der Waals surface area contributed by atoms with E-state index in [-0.39, 0.29) is 37.0 Å². The first-order chi connectivity index (χ1) is 16.4. The van der Waals surface area contributed by atoms with Gasteiger partial charge in [-0.2, -0.15) is 16.8 Å². The molecule has 0 aliphatic rings. The fourth-order valence-corrected chi connectivity index (χ4v) is 4.44. The van der Waals surface area contributed by atoms with Crippen molar-refractivity contribution in [3.05, 3.63) is 59.7 Å². The first-order valence-electron chi connectivity index (χ1n) is 11.1. The van der Waals surface area contributed by atoms with Gasteiger partial charge >= 0.3 is 36.2 Å². The molecule has 0 aliphatic carbocycles. The van der Waals surface area contributed by atoms with Crippen molar-refractivity contribution in [3.63, 3.8) is 0 Å². The van der Waals surface area contributed by atoms with Crippen LogP contribution in [0.15, 0.2) is 58.3 Å². The zero-order chi connectivity index (χ0) is 26.9. The van der Waals surface area contributed by atoms with Gasteiger partial charge in [0.15, 0.2) is 0 Å². The van der Waals surface area contributed by atoms with Gasteiger partial charge < -0.3 is 0 Å². The molecule has 1 unspecified atom stereocenters. The van der Waals surface area contributed by atoms with Crippen LogP contribution in [0.5, 0.6) is 0 Å². The van der Waals surface area contributed by atoms with E-state index < -0.39 is 20.2 Å². The van der Waals surface area contributed by atoms with Crippen molar-refractivity contribution in [1.29, 1.82) is 0 Å². The van der Waals surface area contributed by atoms with Gasteiger partial charge in [0, 0.05) is 0 Å². The van der Waals surface area contributed by atoms with Gasteiger partial charge in [0.05, 0.1) is 22.5 Å². The minimum absolute atomic E-state index is 0.0369. The van der Waals surface area contributed by atoms with E-state index in [2.05, 4.69) is 5.63 Å². The average Bonchev–Trinajstić information content (AvgIpc) is 2.82. The molecule has 2 rings (SSSR count). The van der Waals surface area contributed by atoms with Crippen molar-refractivity contribution in [2.45, 2.75) is 69.8 Å². The Hall–Kier alpha value is -1.77. The van der Waals surface area contributed by atoms with Gasteiger partial charge in [0.2, 0.25) is 0 Å². The normalized spacial score (nSPS) is 11.7. The standard InChI is InChI=1S/C11H16O3S.C10H14O3S.C3H5O2P/c1-4-10(3)14-15(12,13)11-7-5-9(2)6-8-11;1-3-8-13-14(11,12)10-6-4-9(2)5-7-10;4-2-1-3-6-5/h5-8,10H,4H2,1-3H3;4-7H,3,8H2,1-2H3;4H,1-2H2. The number of aliphatic hydroxyl groups excluding tert-OH is 1. The number of aryl methyl sites for hydroxylation is 2. The summed E-state index contributed by atoms with van der Waals surface area (Å²) in [5, 5.41) is 7.99. The first-order valence-corrected chi connectivity index (χ1v) is 14.7. The van der Waals surface area contributed by atoms with Crippen molar-refractivity contribution in [3.8, 4) is 5.63 Å². The van der Waals surface area contributed by atoms with E-state index in [1.807, 2.05) is 27.7 Å². The zero-order valence-corrected chi connectivity index (χ0v) is 23.3. The summed E-state index contributed by atoms with van der Waals surface area (Å²) in [4.78, 5) is 0.435. The molecule has 0 spiro atoms. The SMILES string of the molecule is CCC(C)OS(=O)(=O)c1ccc(C)cc1.CCCOS(=O)(=O)c1ccc(C)cc1.O=P#CCCO. The van der Waals surface area contributed by atoms with Gasteiger partial charge in [-0.3, -0.25) is 8.37 Å². The van der Waals surface area contributed by atoms with Crippen LogP contribution in [0.25, 0.3) is 0 Å². The van der Waals surface area contributed by atoms with Crippen LogP contribution in [0.3, 0.4) is 0 Å². The summed E-state index contributed by atoms with van der Waals surface area (Å²) < 4.78 is 65.5. The molecule has 11 heteroatoms.